The average molecular weight is 714 g/mol. The summed E-state index contributed by atoms with van der Waals surface area (Å²) in [6.45, 7) is 0.758. The van der Waals surface area contributed by atoms with Crippen LogP contribution in [0.5, 0.6) is 0 Å². The van der Waals surface area contributed by atoms with E-state index in [4.69, 9.17) is 0 Å². The van der Waals surface area contributed by atoms with Crippen molar-refractivity contribution in [2.45, 2.75) is 19.4 Å². The first kappa shape index (κ1) is 32.5. The molecule has 0 radical (unpaired) electrons. The predicted octanol–water partition coefficient (Wildman–Crippen LogP) is 13.9. The van der Waals surface area contributed by atoms with Crippen LogP contribution in [-0.4, -0.2) is 0 Å². The molecule has 0 amide bonds. The van der Waals surface area contributed by atoms with Crippen molar-refractivity contribution in [3.63, 3.8) is 0 Å². The van der Waals surface area contributed by atoms with Gasteiger partial charge < -0.3 is 5.32 Å². The van der Waals surface area contributed by atoms with Gasteiger partial charge >= 0.3 is 0 Å². The molecule has 0 aromatic heterocycles. The molecule has 9 aromatic carbocycles. The van der Waals surface area contributed by atoms with Crippen LogP contribution in [0.1, 0.15) is 27.8 Å². The minimum absolute atomic E-state index is 0.758. The second-order valence-corrected chi connectivity index (χ2v) is 15.2. The summed E-state index contributed by atoms with van der Waals surface area (Å²) in [6, 6.07) is 69.2. The lowest BCUT2D eigenvalue weighted by Crippen LogP contribution is -2.12. The third kappa shape index (κ3) is 5.47. The molecule has 11 rings (SSSR count). The van der Waals surface area contributed by atoms with Crippen molar-refractivity contribution in [2.24, 2.45) is 0 Å². The molecule has 0 fully saturated rings. The second-order valence-electron chi connectivity index (χ2n) is 15.2. The Labute approximate surface area is 328 Å². The molecule has 0 spiro atoms. The third-order valence-corrected chi connectivity index (χ3v) is 12.0. The molecule has 0 unspecified atom stereocenters. The molecule has 2 aliphatic rings. The quantitative estimate of drug-likeness (QED) is 0.165. The molecule has 0 atom stereocenters. The van der Waals surface area contributed by atoms with Crippen LogP contribution in [0.15, 0.2) is 194 Å². The highest BCUT2D eigenvalue weighted by atomic mass is 14.9. The zero-order chi connectivity index (χ0) is 37.0. The van der Waals surface area contributed by atoms with Crippen LogP contribution >= 0.6 is 0 Å². The standard InChI is InChI=1S/C55H39N/c1-3-13-36(14-4-1)35-56-54(42-18-11-17-39(31-42)37-15-5-2-6-16-37)30-28-38-27-29-44(45-20-8-7-19-43(38)45)40-25-26-41-33-51-49-24-12-23-48-46-21-9-10-22-47(46)53(55(48)49)34-52(51)50(41)32-40/h1-27,29-32,34,56H,28,33,35H2/b54-30-. The van der Waals surface area contributed by atoms with E-state index in [1.54, 1.807) is 0 Å². The number of rotatable bonds is 8. The first-order valence-electron chi connectivity index (χ1n) is 19.7. The first-order chi connectivity index (χ1) is 27.8. The SMILES string of the molecule is C(/Cc1ccc(-c2ccc3c(c2)-c2cc4c5c(cccc5c2C3)-c2ccccc2-4)c2ccccc12)=C(/NCc1ccccc1)c1cccc(-c2ccccc2)c1. The summed E-state index contributed by atoms with van der Waals surface area (Å²) in [6.07, 6.45) is 4.16. The van der Waals surface area contributed by atoms with Crippen LogP contribution in [0.3, 0.4) is 0 Å². The van der Waals surface area contributed by atoms with Gasteiger partial charge in [0.2, 0.25) is 0 Å². The van der Waals surface area contributed by atoms with Gasteiger partial charge in [-0.25, -0.2) is 0 Å². The summed E-state index contributed by atoms with van der Waals surface area (Å²) < 4.78 is 0. The molecule has 1 N–H and O–H groups in total. The molecule has 0 bridgehead atoms. The summed E-state index contributed by atoms with van der Waals surface area (Å²) in [5.41, 5.74) is 21.0. The molecule has 0 heterocycles. The van der Waals surface area contributed by atoms with Crippen LogP contribution in [0, 0.1) is 0 Å². The molecule has 0 saturated heterocycles. The Balaban J connectivity index is 0.966. The van der Waals surface area contributed by atoms with Crippen LogP contribution in [0.4, 0.5) is 0 Å². The fourth-order valence-electron chi connectivity index (χ4n) is 9.29. The smallest absolute Gasteiger partial charge is 0.0400 e. The fraction of sp³-hybridized carbons (Fsp3) is 0.0545. The van der Waals surface area contributed by atoms with E-state index in [2.05, 4.69) is 199 Å². The van der Waals surface area contributed by atoms with E-state index in [-0.39, 0.29) is 0 Å². The van der Waals surface area contributed by atoms with Gasteiger partial charge in [0.15, 0.2) is 0 Å². The Hall–Kier alpha value is -6.96. The lowest BCUT2D eigenvalue weighted by Gasteiger charge is -2.15. The Morgan fingerprint density at radius 3 is 2.00 bits per heavy atom. The van der Waals surface area contributed by atoms with E-state index in [0.717, 1.165) is 25.1 Å². The first-order valence-corrected chi connectivity index (χ1v) is 19.7. The summed E-state index contributed by atoms with van der Waals surface area (Å²) in [5.74, 6) is 0. The van der Waals surface area contributed by atoms with Crippen LogP contribution in [-0.2, 0) is 19.4 Å². The van der Waals surface area contributed by atoms with Crippen LogP contribution in [0.2, 0.25) is 0 Å². The zero-order valence-corrected chi connectivity index (χ0v) is 31.1. The molecule has 1 heteroatoms. The molecule has 2 aliphatic carbocycles. The Kier molecular flexibility index (Phi) is 7.77. The fourth-order valence-corrected chi connectivity index (χ4v) is 9.29. The number of allylic oxidation sites excluding steroid dienone is 1. The second kappa shape index (κ2) is 13.4. The molecular formula is C55H39N. The molecule has 264 valence electrons. The third-order valence-electron chi connectivity index (χ3n) is 12.0. The summed E-state index contributed by atoms with van der Waals surface area (Å²) >= 11 is 0. The van der Waals surface area contributed by atoms with Gasteiger partial charge in [0.05, 0.1) is 0 Å². The average Bonchev–Trinajstić information content (AvgIpc) is 3.80. The highest BCUT2D eigenvalue weighted by Crippen LogP contribution is 2.53. The zero-order valence-electron chi connectivity index (χ0n) is 31.1. The molecule has 0 saturated carbocycles. The number of fused-ring (bicyclic) bond motifs is 8. The lowest BCUT2D eigenvalue weighted by molar-refractivity contribution is 0.886. The molecule has 9 aromatic rings. The van der Waals surface area contributed by atoms with E-state index < -0.39 is 0 Å². The maximum absolute atomic E-state index is 3.81. The highest BCUT2D eigenvalue weighted by molar-refractivity contribution is 6.18. The minimum Gasteiger partial charge on any atom is -0.381 e. The van der Waals surface area contributed by atoms with E-state index in [0.29, 0.717) is 0 Å². The van der Waals surface area contributed by atoms with Crippen molar-refractivity contribution in [2.75, 3.05) is 0 Å². The van der Waals surface area contributed by atoms with Gasteiger partial charge in [-0.1, -0.05) is 176 Å². The van der Waals surface area contributed by atoms with Crippen LogP contribution < -0.4 is 5.32 Å². The van der Waals surface area contributed by atoms with Gasteiger partial charge in [-0.3, -0.25) is 0 Å². The number of hydrogen-bond acceptors (Lipinski definition) is 1. The predicted molar refractivity (Wildman–Crippen MR) is 236 cm³/mol. The monoisotopic (exact) mass is 713 g/mol. The summed E-state index contributed by atoms with van der Waals surface area (Å²) in [4.78, 5) is 0. The molecule has 0 aliphatic heterocycles. The van der Waals surface area contributed by atoms with E-state index >= 15 is 0 Å². The maximum Gasteiger partial charge on any atom is 0.0400 e. The largest absolute Gasteiger partial charge is 0.381 e. The number of hydrogen-bond donors (Lipinski definition) is 1. The van der Waals surface area contributed by atoms with Gasteiger partial charge in [-0.2, -0.15) is 0 Å². The van der Waals surface area contributed by atoms with Crippen LogP contribution in [0.25, 0.3) is 82.9 Å². The summed E-state index contributed by atoms with van der Waals surface area (Å²) in [7, 11) is 0. The van der Waals surface area contributed by atoms with Crippen molar-refractivity contribution >= 4 is 27.2 Å². The Morgan fingerprint density at radius 2 is 1.14 bits per heavy atom. The van der Waals surface area contributed by atoms with E-state index in [1.165, 1.54) is 105 Å². The molecule has 56 heavy (non-hydrogen) atoms. The Morgan fingerprint density at radius 1 is 0.446 bits per heavy atom. The highest BCUT2D eigenvalue weighted by Gasteiger charge is 2.28. The lowest BCUT2D eigenvalue weighted by atomic mass is 9.91. The summed E-state index contributed by atoms with van der Waals surface area (Å²) in [5, 5.41) is 9.21. The maximum atomic E-state index is 3.81. The van der Waals surface area contributed by atoms with E-state index in [9.17, 15) is 0 Å². The van der Waals surface area contributed by atoms with Gasteiger partial charge in [-0.15, -0.1) is 0 Å². The van der Waals surface area contributed by atoms with E-state index in [1.807, 2.05) is 0 Å². The topological polar surface area (TPSA) is 12.0 Å². The van der Waals surface area contributed by atoms with Gasteiger partial charge in [-0.05, 0) is 136 Å². The number of nitrogens with one attached hydrogen (secondary N) is 1. The van der Waals surface area contributed by atoms with Gasteiger partial charge in [0.1, 0.15) is 0 Å². The normalized spacial score (nSPS) is 12.5. The van der Waals surface area contributed by atoms with Crippen molar-refractivity contribution in [1.82, 2.24) is 5.32 Å². The van der Waals surface area contributed by atoms with Gasteiger partial charge in [0.25, 0.3) is 0 Å². The minimum atomic E-state index is 0.758. The van der Waals surface area contributed by atoms with Crippen molar-refractivity contribution in [1.29, 1.82) is 0 Å². The van der Waals surface area contributed by atoms with Gasteiger partial charge in [0, 0.05) is 12.2 Å². The molecular weight excluding hydrogens is 675 g/mol. The molecule has 1 nitrogen and oxygen atoms in total. The van der Waals surface area contributed by atoms with Crippen molar-refractivity contribution < 1.29 is 0 Å². The van der Waals surface area contributed by atoms with Crippen molar-refractivity contribution in [3.05, 3.63) is 222 Å². The Bertz CT molecular complexity index is 3010. The van der Waals surface area contributed by atoms with Crippen molar-refractivity contribution in [3.8, 4) is 55.6 Å². The number of benzene rings is 9.